The molecule has 0 N–H and O–H groups in total. The summed E-state index contributed by atoms with van der Waals surface area (Å²) in [6, 6.07) is 18.7. The van der Waals surface area contributed by atoms with Crippen molar-refractivity contribution in [2.45, 2.75) is 31.7 Å². The minimum atomic E-state index is -1.75. The third-order valence-corrected chi connectivity index (χ3v) is 5.62. The smallest absolute Gasteiger partial charge is 0.329 e. The van der Waals surface area contributed by atoms with E-state index in [1.807, 2.05) is 60.7 Å². The second-order valence-corrected chi connectivity index (χ2v) is 7.15. The highest BCUT2D eigenvalue weighted by Gasteiger charge is 2.84. The normalized spacial score (nSPS) is 26.8. The van der Waals surface area contributed by atoms with Gasteiger partial charge in [-0.2, -0.15) is 0 Å². The van der Waals surface area contributed by atoms with Crippen molar-refractivity contribution in [2.24, 2.45) is 5.41 Å². The zero-order chi connectivity index (χ0) is 20.5. The van der Waals surface area contributed by atoms with Gasteiger partial charge < -0.3 is 18.9 Å². The molecule has 6 heteroatoms. The molecule has 0 amide bonds. The molecule has 2 aliphatic rings. The molecule has 2 fully saturated rings. The third-order valence-electron chi connectivity index (χ3n) is 5.62. The number of esters is 2. The van der Waals surface area contributed by atoms with Crippen molar-refractivity contribution in [1.29, 1.82) is 0 Å². The minimum Gasteiger partial charge on any atom is -0.465 e. The van der Waals surface area contributed by atoms with Crippen molar-refractivity contribution in [3.63, 3.8) is 0 Å². The molecular formula is C23H24O6. The number of rotatable bonds is 6. The molecule has 29 heavy (non-hydrogen) atoms. The fourth-order valence-electron chi connectivity index (χ4n) is 4.33. The highest BCUT2D eigenvalue weighted by Crippen LogP contribution is 2.68. The third kappa shape index (κ3) is 2.86. The summed E-state index contributed by atoms with van der Waals surface area (Å²) in [7, 11) is 0. The lowest BCUT2D eigenvalue weighted by Crippen LogP contribution is -2.54. The number of benzene rings is 2. The Morgan fingerprint density at radius 3 is 1.83 bits per heavy atom. The summed E-state index contributed by atoms with van der Waals surface area (Å²) in [5.41, 5.74) is -1.34. The number of ether oxygens (including phenoxy) is 4. The number of carbonyl (C=O) groups excluding carboxylic acids is 2. The molecule has 0 bridgehead atoms. The molecule has 0 unspecified atom stereocenters. The molecule has 0 saturated carbocycles. The van der Waals surface area contributed by atoms with Crippen molar-refractivity contribution in [1.82, 2.24) is 0 Å². The van der Waals surface area contributed by atoms with Gasteiger partial charge in [0.25, 0.3) is 0 Å². The van der Waals surface area contributed by atoms with E-state index in [9.17, 15) is 9.59 Å². The van der Waals surface area contributed by atoms with Gasteiger partial charge in [-0.25, -0.2) is 0 Å². The lowest BCUT2D eigenvalue weighted by atomic mass is 9.68. The summed E-state index contributed by atoms with van der Waals surface area (Å²) in [6.45, 7) is 3.77. The molecule has 3 atom stereocenters. The van der Waals surface area contributed by atoms with Crippen LogP contribution in [0.2, 0.25) is 0 Å². The summed E-state index contributed by atoms with van der Waals surface area (Å²) in [5, 5.41) is 0. The van der Waals surface area contributed by atoms with E-state index in [0.29, 0.717) is 5.56 Å². The van der Waals surface area contributed by atoms with Crippen molar-refractivity contribution in [3.8, 4) is 0 Å². The van der Waals surface area contributed by atoms with E-state index < -0.39 is 35.2 Å². The second kappa shape index (κ2) is 7.61. The average molecular weight is 396 g/mol. The Morgan fingerprint density at radius 1 is 0.862 bits per heavy atom. The quantitative estimate of drug-likeness (QED) is 0.423. The molecule has 2 aliphatic heterocycles. The van der Waals surface area contributed by atoms with Crippen molar-refractivity contribution >= 4 is 11.9 Å². The van der Waals surface area contributed by atoms with E-state index in [4.69, 9.17) is 18.9 Å². The Hall–Kier alpha value is -2.70. The van der Waals surface area contributed by atoms with E-state index in [0.717, 1.165) is 5.56 Å². The summed E-state index contributed by atoms with van der Waals surface area (Å²) in [5.74, 6) is -1.36. The fraction of sp³-hybridized carbons (Fsp3) is 0.391. The van der Waals surface area contributed by atoms with Crippen LogP contribution in [-0.4, -0.2) is 37.4 Å². The zero-order valence-corrected chi connectivity index (χ0v) is 16.5. The molecule has 0 aromatic heterocycles. The van der Waals surface area contributed by atoms with E-state index in [1.165, 1.54) is 0 Å². The maximum atomic E-state index is 13.4. The Morgan fingerprint density at radius 2 is 1.34 bits per heavy atom. The van der Waals surface area contributed by atoms with Crippen LogP contribution in [0, 0.1) is 5.41 Å². The topological polar surface area (TPSA) is 74.4 Å². The van der Waals surface area contributed by atoms with Crippen LogP contribution in [0.4, 0.5) is 0 Å². The Bertz CT molecular complexity index is 863. The van der Waals surface area contributed by atoms with E-state index in [-0.39, 0.29) is 19.8 Å². The van der Waals surface area contributed by atoms with Crippen molar-refractivity contribution < 1.29 is 28.5 Å². The molecule has 0 aliphatic carbocycles. The van der Waals surface area contributed by atoms with Gasteiger partial charge in [0.2, 0.25) is 5.41 Å². The lowest BCUT2D eigenvalue weighted by Gasteiger charge is -2.32. The van der Waals surface area contributed by atoms with E-state index in [1.54, 1.807) is 13.8 Å². The first-order valence-electron chi connectivity index (χ1n) is 9.85. The van der Waals surface area contributed by atoms with Crippen LogP contribution in [0.15, 0.2) is 60.7 Å². The zero-order valence-electron chi connectivity index (χ0n) is 16.5. The van der Waals surface area contributed by atoms with E-state index >= 15 is 0 Å². The van der Waals surface area contributed by atoms with Gasteiger partial charge in [0.1, 0.15) is 12.2 Å². The van der Waals surface area contributed by atoms with Gasteiger partial charge in [-0.05, 0) is 25.0 Å². The van der Waals surface area contributed by atoms with Crippen molar-refractivity contribution in [3.05, 3.63) is 71.8 Å². The molecule has 152 valence electrons. The van der Waals surface area contributed by atoms with Gasteiger partial charge >= 0.3 is 11.9 Å². The lowest BCUT2D eigenvalue weighted by molar-refractivity contribution is -0.180. The predicted octanol–water partition coefficient (Wildman–Crippen LogP) is 3.38. The van der Waals surface area contributed by atoms with Crippen LogP contribution < -0.4 is 0 Å². The summed E-state index contributed by atoms with van der Waals surface area (Å²) >= 11 is 0. The Labute approximate surface area is 169 Å². The molecule has 4 rings (SSSR count). The largest absolute Gasteiger partial charge is 0.465 e. The molecular weight excluding hydrogens is 372 g/mol. The number of epoxide rings is 1. The monoisotopic (exact) mass is 396 g/mol. The average Bonchev–Trinajstić information content (AvgIpc) is 3.37. The number of hydrogen-bond acceptors (Lipinski definition) is 6. The number of hydrogen-bond donors (Lipinski definition) is 0. The summed E-state index contributed by atoms with van der Waals surface area (Å²) < 4.78 is 23.0. The van der Waals surface area contributed by atoms with Crippen molar-refractivity contribution in [2.75, 3.05) is 19.8 Å². The Kier molecular flexibility index (Phi) is 5.15. The van der Waals surface area contributed by atoms with Gasteiger partial charge in [-0.1, -0.05) is 60.7 Å². The second-order valence-electron chi connectivity index (χ2n) is 7.15. The summed E-state index contributed by atoms with van der Waals surface area (Å²) in [4.78, 5) is 26.8. The van der Waals surface area contributed by atoms with Gasteiger partial charge in [0, 0.05) is 0 Å². The van der Waals surface area contributed by atoms with Crippen LogP contribution in [0.3, 0.4) is 0 Å². The molecule has 2 aromatic rings. The maximum absolute atomic E-state index is 13.4. The van der Waals surface area contributed by atoms with E-state index in [2.05, 4.69) is 0 Å². The maximum Gasteiger partial charge on any atom is 0.329 e. The van der Waals surface area contributed by atoms with Gasteiger partial charge in [-0.3, -0.25) is 9.59 Å². The Balaban J connectivity index is 1.87. The van der Waals surface area contributed by atoms with Crippen LogP contribution in [-0.2, 0) is 28.5 Å². The first-order valence-corrected chi connectivity index (χ1v) is 9.85. The first-order chi connectivity index (χ1) is 14.1. The molecule has 0 radical (unpaired) electrons. The summed E-state index contributed by atoms with van der Waals surface area (Å²) in [6.07, 6.45) is -1.33. The van der Waals surface area contributed by atoms with Crippen LogP contribution in [0.1, 0.15) is 37.2 Å². The van der Waals surface area contributed by atoms with Gasteiger partial charge in [0.15, 0.2) is 5.60 Å². The van der Waals surface area contributed by atoms with Crippen LogP contribution in [0.5, 0.6) is 0 Å². The standard InChI is InChI=1S/C23H24O6/c1-3-26-20(24)23(21(25)27-4-2)19(17-13-9-6-10-14-17)28-15-22(23)18(29-22)16-11-7-5-8-12-16/h5-14,18-19H,3-4,15H2,1-2H3/t18-,19-,22+/m1/s1. The first kappa shape index (κ1) is 19.6. The SMILES string of the molecule is CCOC(=O)C1(C(=O)OCC)[C@@H](c2ccccc2)OC[C@@]12O[C@@H]2c1ccccc1. The predicted molar refractivity (Wildman–Crippen MR) is 104 cm³/mol. The molecule has 2 aromatic carbocycles. The molecule has 2 saturated heterocycles. The molecule has 1 spiro atoms. The molecule has 2 heterocycles. The number of carbonyl (C=O) groups is 2. The minimum absolute atomic E-state index is 0.0871. The molecule has 6 nitrogen and oxygen atoms in total. The van der Waals surface area contributed by atoms with Crippen LogP contribution >= 0.6 is 0 Å². The van der Waals surface area contributed by atoms with Gasteiger partial charge in [0.05, 0.1) is 19.8 Å². The van der Waals surface area contributed by atoms with Crippen LogP contribution in [0.25, 0.3) is 0 Å². The highest BCUT2D eigenvalue weighted by molar-refractivity contribution is 6.04. The van der Waals surface area contributed by atoms with Gasteiger partial charge in [-0.15, -0.1) is 0 Å². The fourth-order valence-corrected chi connectivity index (χ4v) is 4.33. The highest BCUT2D eigenvalue weighted by atomic mass is 16.7.